The van der Waals surface area contributed by atoms with E-state index in [0.717, 1.165) is 28.2 Å². The van der Waals surface area contributed by atoms with Gasteiger partial charge in [-0.2, -0.15) is 5.10 Å². The molecule has 0 aliphatic heterocycles. The predicted molar refractivity (Wildman–Crippen MR) is 71.5 cm³/mol. The molecule has 0 atom stereocenters. The van der Waals surface area contributed by atoms with Gasteiger partial charge in [-0.3, -0.25) is 4.98 Å². The Balaban J connectivity index is 2.71. The SMILES string of the molecule is Cc1cnn(-c2cc(C)nc(C)c2C(N)=S)c1. The fourth-order valence-corrected chi connectivity index (χ4v) is 2.09. The highest BCUT2D eigenvalue weighted by molar-refractivity contribution is 7.80. The summed E-state index contributed by atoms with van der Waals surface area (Å²) in [5.74, 6) is 0. The van der Waals surface area contributed by atoms with Crippen molar-refractivity contribution in [3.05, 3.63) is 41.0 Å². The summed E-state index contributed by atoms with van der Waals surface area (Å²) in [6, 6.07) is 1.94. The lowest BCUT2D eigenvalue weighted by Crippen LogP contribution is -2.17. The number of thiocarbonyl (C=S) groups is 1. The average molecular weight is 246 g/mol. The molecule has 0 fully saturated rings. The maximum atomic E-state index is 5.76. The van der Waals surface area contributed by atoms with Crippen LogP contribution in [0.2, 0.25) is 0 Å². The van der Waals surface area contributed by atoms with Gasteiger partial charge in [0.15, 0.2) is 0 Å². The van der Waals surface area contributed by atoms with E-state index in [1.54, 1.807) is 10.9 Å². The van der Waals surface area contributed by atoms with Crippen LogP contribution < -0.4 is 5.73 Å². The summed E-state index contributed by atoms with van der Waals surface area (Å²) in [7, 11) is 0. The van der Waals surface area contributed by atoms with E-state index < -0.39 is 0 Å². The zero-order valence-corrected chi connectivity index (χ0v) is 10.9. The van der Waals surface area contributed by atoms with Gasteiger partial charge < -0.3 is 5.73 Å². The second-order valence-corrected chi connectivity index (χ2v) is 4.51. The fraction of sp³-hybridized carbons (Fsp3) is 0.250. The molecule has 17 heavy (non-hydrogen) atoms. The molecule has 0 aromatic carbocycles. The van der Waals surface area contributed by atoms with Crippen LogP contribution in [0.25, 0.3) is 5.69 Å². The molecule has 0 amide bonds. The van der Waals surface area contributed by atoms with E-state index in [2.05, 4.69) is 10.1 Å². The normalized spacial score (nSPS) is 10.5. The lowest BCUT2D eigenvalue weighted by molar-refractivity contribution is 0.868. The van der Waals surface area contributed by atoms with Gasteiger partial charge in [0, 0.05) is 17.6 Å². The summed E-state index contributed by atoms with van der Waals surface area (Å²) in [6.45, 7) is 5.84. The Hall–Kier alpha value is -1.75. The molecule has 2 N–H and O–H groups in total. The molecule has 0 spiro atoms. The van der Waals surface area contributed by atoms with E-state index in [-0.39, 0.29) is 0 Å². The summed E-state index contributed by atoms with van der Waals surface area (Å²) >= 11 is 5.08. The van der Waals surface area contributed by atoms with E-state index in [1.165, 1.54) is 0 Å². The Labute approximate surface area is 105 Å². The second-order valence-electron chi connectivity index (χ2n) is 4.07. The molecular formula is C12H14N4S. The number of aryl methyl sites for hydroxylation is 3. The number of hydrogen-bond donors (Lipinski definition) is 1. The van der Waals surface area contributed by atoms with Crippen LogP contribution in [0.1, 0.15) is 22.5 Å². The average Bonchev–Trinajstić information content (AvgIpc) is 2.62. The summed E-state index contributed by atoms with van der Waals surface area (Å²) in [5.41, 5.74) is 10.3. The number of nitrogens with zero attached hydrogens (tertiary/aromatic N) is 3. The molecule has 0 bridgehead atoms. The minimum absolute atomic E-state index is 0.346. The summed E-state index contributed by atoms with van der Waals surface area (Å²) < 4.78 is 1.78. The van der Waals surface area contributed by atoms with E-state index in [0.29, 0.717) is 4.99 Å². The minimum Gasteiger partial charge on any atom is -0.389 e. The van der Waals surface area contributed by atoms with Crippen LogP contribution in [-0.4, -0.2) is 19.8 Å². The topological polar surface area (TPSA) is 56.7 Å². The zero-order chi connectivity index (χ0) is 12.6. The fourth-order valence-electron chi connectivity index (χ4n) is 1.84. The molecule has 0 aliphatic rings. The van der Waals surface area contributed by atoms with Gasteiger partial charge in [-0.25, -0.2) is 4.68 Å². The predicted octanol–water partition coefficient (Wildman–Crippen LogP) is 1.83. The molecule has 2 heterocycles. The third-order valence-electron chi connectivity index (χ3n) is 2.51. The molecule has 4 nitrogen and oxygen atoms in total. The molecule has 2 aromatic heterocycles. The van der Waals surface area contributed by atoms with Gasteiger partial charge in [-0.1, -0.05) is 12.2 Å². The molecular weight excluding hydrogens is 232 g/mol. The number of pyridine rings is 1. The van der Waals surface area contributed by atoms with Crippen LogP contribution in [0.15, 0.2) is 18.5 Å². The van der Waals surface area contributed by atoms with Crippen molar-refractivity contribution in [2.75, 3.05) is 0 Å². The van der Waals surface area contributed by atoms with Crippen molar-refractivity contribution in [2.45, 2.75) is 20.8 Å². The van der Waals surface area contributed by atoms with Crippen molar-refractivity contribution < 1.29 is 0 Å². The van der Waals surface area contributed by atoms with Gasteiger partial charge in [0.25, 0.3) is 0 Å². The minimum atomic E-state index is 0.346. The third-order valence-corrected chi connectivity index (χ3v) is 2.72. The van der Waals surface area contributed by atoms with Crippen molar-refractivity contribution in [3.63, 3.8) is 0 Å². The van der Waals surface area contributed by atoms with Gasteiger partial charge in [-0.15, -0.1) is 0 Å². The quantitative estimate of drug-likeness (QED) is 0.821. The molecule has 2 rings (SSSR count). The van der Waals surface area contributed by atoms with Gasteiger partial charge in [0.05, 0.1) is 17.4 Å². The smallest absolute Gasteiger partial charge is 0.108 e. The van der Waals surface area contributed by atoms with Crippen LogP contribution in [0, 0.1) is 20.8 Å². The number of rotatable bonds is 2. The van der Waals surface area contributed by atoms with Crippen LogP contribution in [0.3, 0.4) is 0 Å². The Morgan fingerprint density at radius 3 is 2.59 bits per heavy atom. The highest BCUT2D eigenvalue weighted by Crippen LogP contribution is 2.18. The van der Waals surface area contributed by atoms with E-state index >= 15 is 0 Å². The second kappa shape index (κ2) is 4.25. The van der Waals surface area contributed by atoms with Crippen LogP contribution in [0.5, 0.6) is 0 Å². The number of hydrogen-bond acceptors (Lipinski definition) is 3. The lowest BCUT2D eigenvalue weighted by atomic mass is 10.1. The van der Waals surface area contributed by atoms with Crippen LogP contribution in [-0.2, 0) is 0 Å². The molecule has 5 heteroatoms. The molecule has 0 saturated heterocycles. The van der Waals surface area contributed by atoms with Crippen molar-refractivity contribution in [2.24, 2.45) is 5.73 Å². The first-order valence-electron chi connectivity index (χ1n) is 5.28. The maximum Gasteiger partial charge on any atom is 0.108 e. The third kappa shape index (κ3) is 2.19. The highest BCUT2D eigenvalue weighted by atomic mass is 32.1. The molecule has 0 radical (unpaired) electrons. The molecule has 0 unspecified atom stereocenters. The Kier molecular flexibility index (Phi) is 2.93. The largest absolute Gasteiger partial charge is 0.389 e. The standard InChI is InChI=1S/C12H14N4S/c1-7-5-14-16(6-7)10-4-8(2)15-9(3)11(10)12(13)17/h4-6H,1-3H3,(H2,13,17). The summed E-state index contributed by atoms with van der Waals surface area (Å²) in [4.78, 5) is 4.72. The molecule has 0 aliphatic carbocycles. The Morgan fingerprint density at radius 2 is 2.06 bits per heavy atom. The number of nitrogens with two attached hydrogens (primary N) is 1. The van der Waals surface area contributed by atoms with Gasteiger partial charge in [0.2, 0.25) is 0 Å². The van der Waals surface area contributed by atoms with Crippen LogP contribution in [0.4, 0.5) is 0 Å². The van der Waals surface area contributed by atoms with E-state index in [4.69, 9.17) is 18.0 Å². The van der Waals surface area contributed by atoms with Crippen molar-refractivity contribution in [1.82, 2.24) is 14.8 Å². The summed E-state index contributed by atoms with van der Waals surface area (Å²) in [6.07, 6.45) is 3.74. The monoisotopic (exact) mass is 246 g/mol. The first-order chi connectivity index (χ1) is 7.99. The first kappa shape index (κ1) is 11.7. The first-order valence-corrected chi connectivity index (χ1v) is 5.69. The molecule has 0 saturated carbocycles. The summed E-state index contributed by atoms with van der Waals surface area (Å²) in [5, 5.41) is 4.28. The number of aromatic nitrogens is 3. The zero-order valence-electron chi connectivity index (χ0n) is 10.1. The lowest BCUT2D eigenvalue weighted by Gasteiger charge is -2.11. The van der Waals surface area contributed by atoms with Crippen molar-refractivity contribution >= 4 is 17.2 Å². The maximum absolute atomic E-state index is 5.76. The molecule has 2 aromatic rings. The Morgan fingerprint density at radius 1 is 1.35 bits per heavy atom. The van der Waals surface area contributed by atoms with Crippen molar-refractivity contribution in [1.29, 1.82) is 0 Å². The van der Waals surface area contributed by atoms with Crippen LogP contribution >= 0.6 is 12.2 Å². The van der Waals surface area contributed by atoms with Gasteiger partial charge in [-0.05, 0) is 32.4 Å². The van der Waals surface area contributed by atoms with Crippen molar-refractivity contribution in [3.8, 4) is 5.69 Å². The van der Waals surface area contributed by atoms with Gasteiger partial charge >= 0.3 is 0 Å². The molecule has 88 valence electrons. The highest BCUT2D eigenvalue weighted by Gasteiger charge is 2.13. The van der Waals surface area contributed by atoms with E-state index in [1.807, 2.05) is 33.0 Å². The Bertz CT molecular complexity index is 586. The van der Waals surface area contributed by atoms with Gasteiger partial charge in [0.1, 0.15) is 4.99 Å². The van der Waals surface area contributed by atoms with E-state index in [9.17, 15) is 0 Å².